The van der Waals surface area contributed by atoms with Crippen molar-refractivity contribution in [3.05, 3.63) is 70.0 Å². The summed E-state index contributed by atoms with van der Waals surface area (Å²) in [5.74, 6) is 0. The minimum absolute atomic E-state index is 1.12. The Morgan fingerprint density at radius 2 is 1.75 bits per heavy atom. The van der Waals surface area contributed by atoms with Crippen molar-refractivity contribution in [2.24, 2.45) is 0 Å². The molecule has 0 aliphatic rings. The molecule has 80 valence electrons. The maximum absolute atomic E-state index is 3.46. The van der Waals surface area contributed by atoms with Crippen LogP contribution in [0.15, 0.2) is 69.4 Å². The van der Waals surface area contributed by atoms with Gasteiger partial charge in [-0.3, -0.25) is 0 Å². The van der Waals surface area contributed by atoms with E-state index in [9.17, 15) is 0 Å². The fourth-order valence-electron chi connectivity index (χ4n) is 1.30. The van der Waals surface area contributed by atoms with Crippen LogP contribution in [-0.4, -0.2) is 0 Å². The molecule has 0 fully saturated rings. The summed E-state index contributed by atoms with van der Waals surface area (Å²) < 4.78 is 1.12. The lowest BCUT2D eigenvalue weighted by Gasteiger charge is -1.96. The maximum atomic E-state index is 3.46. The average molecular weight is 291 g/mol. The first kappa shape index (κ1) is 11.5. The Hall–Kier alpha value is -0.990. The summed E-state index contributed by atoms with van der Waals surface area (Å²) in [6, 6.07) is 18.6. The fraction of sp³-hybridized carbons (Fsp3) is 0. The third-order valence-corrected chi connectivity index (χ3v) is 3.35. The number of benzene rings is 2. The number of rotatable bonds is 3. The first-order valence-corrected chi connectivity index (χ1v) is 6.66. The molecule has 0 aliphatic carbocycles. The summed E-state index contributed by atoms with van der Waals surface area (Å²) in [4.78, 5) is 1.24. The maximum Gasteiger partial charge on any atom is 0.0186 e. The zero-order valence-electron chi connectivity index (χ0n) is 8.64. The third-order valence-electron chi connectivity index (χ3n) is 2.06. The van der Waals surface area contributed by atoms with Gasteiger partial charge in [0.2, 0.25) is 0 Å². The zero-order chi connectivity index (χ0) is 11.2. The summed E-state index contributed by atoms with van der Waals surface area (Å²) in [6.45, 7) is 0. The number of hydrogen-bond acceptors (Lipinski definition) is 1. The largest absolute Gasteiger partial charge is 0.0980 e. The molecule has 0 radical (unpaired) electrons. The van der Waals surface area contributed by atoms with Crippen LogP contribution in [0.4, 0.5) is 0 Å². The van der Waals surface area contributed by atoms with E-state index in [0.29, 0.717) is 0 Å². The van der Waals surface area contributed by atoms with Gasteiger partial charge in [-0.15, -0.1) is 0 Å². The highest BCUT2D eigenvalue weighted by Crippen LogP contribution is 2.23. The van der Waals surface area contributed by atoms with E-state index in [1.165, 1.54) is 10.5 Å². The van der Waals surface area contributed by atoms with E-state index in [1.54, 1.807) is 11.8 Å². The van der Waals surface area contributed by atoms with E-state index >= 15 is 0 Å². The summed E-state index contributed by atoms with van der Waals surface area (Å²) >= 11 is 5.18. The van der Waals surface area contributed by atoms with Crippen molar-refractivity contribution in [3.63, 3.8) is 0 Å². The smallest absolute Gasteiger partial charge is 0.0186 e. The second-order valence-electron chi connectivity index (χ2n) is 3.29. The molecule has 2 aromatic carbocycles. The quantitative estimate of drug-likeness (QED) is 0.699. The molecular formula is C14H11BrS. The van der Waals surface area contributed by atoms with Crippen molar-refractivity contribution in [1.82, 2.24) is 0 Å². The summed E-state index contributed by atoms with van der Waals surface area (Å²) in [7, 11) is 0. The van der Waals surface area contributed by atoms with Gasteiger partial charge >= 0.3 is 0 Å². The Morgan fingerprint density at radius 1 is 0.938 bits per heavy atom. The first-order chi connectivity index (χ1) is 7.84. The normalized spacial score (nSPS) is 10.8. The lowest BCUT2D eigenvalue weighted by Crippen LogP contribution is -1.69. The second kappa shape index (κ2) is 5.92. The molecule has 0 spiro atoms. The van der Waals surface area contributed by atoms with Gasteiger partial charge < -0.3 is 0 Å². The predicted octanol–water partition coefficient (Wildman–Crippen LogP) is 5.21. The van der Waals surface area contributed by atoms with Crippen LogP contribution in [0.2, 0.25) is 0 Å². The minimum atomic E-state index is 1.12. The Balaban J connectivity index is 2.00. The van der Waals surface area contributed by atoms with Crippen LogP contribution in [-0.2, 0) is 0 Å². The van der Waals surface area contributed by atoms with Crippen molar-refractivity contribution < 1.29 is 0 Å². The van der Waals surface area contributed by atoms with Crippen molar-refractivity contribution >= 4 is 33.8 Å². The van der Waals surface area contributed by atoms with Crippen molar-refractivity contribution in [2.45, 2.75) is 4.90 Å². The molecule has 16 heavy (non-hydrogen) atoms. The SMILES string of the molecule is Brc1cccc(S/C=C\c2ccccc2)c1. The summed E-state index contributed by atoms with van der Waals surface area (Å²) in [5.41, 5.74) is 1.23. The molecule has 0 heterocycles. The molecule has 0 aromatic heterocycles. The van der Waals surface area contributed by atoms with Crippen LogP contribution in [0.25, 0.3) is 6.08 Å². The van der Waals surface area contributed by atoms with Crippen LogP contribution in [0.3, 0.4) is 0 Å². The summed E-state index contributed by atoms with van der Waals surface area (Å²) in [5, 5.41) is 2.11. The number of halogens is 1. The van der Waals surface area contributed by atoms with Crippen LogP contribution in [0.1, 0.15) is 5.56 Å². The molecule has 0 saturated heterocycles. The average Bonchev–Trinajstić information content (AvgIpc) is 2.30. The van der Waals surface area contributed by atoms with Gasteiger partial charge in [0.15, 0.2) is 0 Å². The molecular weight excluding hydrogens is 280 g/mol. The number of hydrogen-bond donors (Lipinski definition) is 0. The zero-order valence-corrected chi connectivity index (χ0v) is 11.0. The molecule has 2 rings (SSSR count). The highest BCUT2D eigenvalue weighted by Gasteiger charge is 1.91. The van der Waals surface area contributed by atoms with Gasteiger partial charge in [-0.2, -0.15) is 0 Å². The van der Waals surface area contributed by atoms with Crippen LogP contribution in [0, 0.1) is 0 Å². The topological polar surface area (TPSA) is 0 Å². The first-order valence-electron chi connectivity index (χ1n) is 4.98. The lowest BCUT2D eigenvalue weighted by molar-refractivity contribution is 1.44. The minimum Gasteiger partial charge on any atom is -0.0980 e. The van der Waals surface area contributed by atoms with Gasteiger partial charge in [0.1, 0.15) is 0 Å². The third kappa shape index (κ3) is 3.54. The van der Waals surface area contributed by atoms with Gasteiger partial charge in [-0.25, -0.2) is 0 Å². The highest BCUT2D eigenvalue weighted by molar-refractivity contribution is 9.10. The van der Waals surface area contributed by atoms with E-state index in [1.807, 2.05) is 30.3 Å². The Labute approximate surface area is 109 Å². The van der Waals surface area contributed by atoms with E-state index in [0.717, 1.165) is 4.47 Å². The van der Waals surface area contributed by atoms with Gasteiger partial charge in [-0.1, -0.05) is 64.1 Å². The van der Waals surface area contributed by atoms with E-state index in [4.69, 9.17) is 0 Å². The highest BCUT2D eigenvalue weighted by atomic mass is 79.9. The van der Waals surface area contributed by atoms with E-state index < -0.39 is 0 Å². The van der Waals surface area contributed by atoms with Crippen LogP contribution in [0.5, 0.6) is 0 Å². The second-order valence-corrected chi connectivity index (χ2v) is 5.18. The number of thioether (sulfide) groups is 1. The standard InChI is InChI=1S/C14H11BrS/c15-13-7-4-8-14(11-13)16-10-9-12-5-2-1-3-6-12/h1-11H/b10-9-. The monoisotopic (exact) mass is 290 g/mol. The molecule has 0 aliphatic heterocycles. The molecule has 2 heteroatoms. The summed E-state index contributed by atoms with van der Waals surface area (Å²) in [6.07, 6.45) is 2.12. The van der Waals surface area contributed by atoms with Crippen LogP contribution < -0.4 is 0 Å². The van der Waals surface area contributed by atoms with Gasteiger partial charge in [0.25, 0.3) is 0 Å². The molecule has 0 nitrogen and oxygen atoms in total. The van der Waals surface area contributed by atoms with Crippen molar-refractivity contribution in [1.29, 1.82) is 0 Å². The Morgan fingerprint density at radius 3 is 2.50 bits per heavy atom. The molecule has 0 amide bonds. The molecule has 2 aromatic rings. The lowest BCUT2D eigenvalue weighted by atomic mass is 10.2. The molecule has 0 atom stereocenters. The van der Waals surface area contributed by atoms with Crippen molar-refractivity contribution in [2.75, 3.05) is 0 Å². The fourth-order valence-corrected chi connectivity index (χ4v) is 2.58. The molecule has 0 N–H and O–H groups in total. The van der Waals surface area contributed by atoms with Crippen LogP contribution >= 0.6 is 27.7 Å². The molecule has 0 saturated carbocycles. The molecule has 0 bridgehead atoms. The Kier molecular flexibility index (Phi) is 4.25. The van der Waals surface area contributed by atoms with E-state index in [2.05, 4.69) is 51.7 Å². The molecule has 0 unspecified atom stereocenters. The van der Waals surface area contributed by atoms with Gasteiger partial charge in [0, 0.05) is 9.37 Å². The Bertz CT molecular complexity index is 477. The van der Waals surface area contributed by atoms with Crippen molar-refractivity contribution in [3.8, 4) is 0 Å². The van der Waals surface area contributed by atoms with E-state index in [-0.39, 0.29) is 0 Å². The van der Waals surface area contributed by atoms with Gasteiger partial charge in [0.05, 0.1) is 0 Å². The predicted molar refractivity (Wildman–Crippen MR) is 75.5 cm³/mol. The van der Waals surface area contributed by atoms with Gasteiger partial charge in [-0.05, 0) is 35.2 Å².